The van der Waals surface area contributed by atoms with E-state index in [9.17, 15) is 4.79 Å². The van der Waals surface area contributed by atoms with Gasteiger partial charge in [-0.25, -0.2) is 4.79 Å². The third-order valence-corrected chi connectivity index (χ3v) is 1.98. The van der Waals surface area contributed by atoms with E-state index in [1.807, 2.05) is 6.92 Å². The lowest BCUT2D eigenvalue weighted by Crippen LogP contribution is -2.86. The Balaban J connectivity index is 2.15. The lowest BCUT2D eigenvalue weighted by molar-refractivity contribution is -0.664. The Hall–Kier alpha value is -0.770. The van der Waals surface area contributed by atoms with Crippen LogP contribution in [0.4, 0.5) is 4.79 Å². The summed E-state index contributed by atoms with van der Waals surface area (Å²) in [4.78, 5) is 11.0. The lowest BCUT2D eigenvalue weighted by atomic mass is 10.1. The predicted molar refractivity (Wildman–Crippen MR) is 44.8 cm³/mol. The maximum absolute atomic E-state index is 11.0. The van der Waals surface area contributed by atoms with Gasteiger partial charge in [-0.3, -0.25) is 0 Å². The zero-order valence-electron chi connectivity index (χ0n) is 7.51. The first-order chi connectivity index (χ1) is 5.83. The molecule has 0 aromatic carbocycles. The fourth-order valence-electron chi connectivity index (χ4n) is 1.35. The Labute approximate surface area is 72.7 Å². The molecular formula is C8H17N2O2+. The monoisotopic (exact) mass is 173 g/mol. The fraction of sp³-hybridized carbons (Fsp3) is 0.875. The summed E-state index contributed by atoms with van der Waals surface area (Å²) in [6.45, 7) is 4.67. The molecule has 0 bridgehead atoms. The zero-order valence-corrected chi connectivity index (χ0v) is 7.51. The van der Waals surface area contributed by atoms with Crippen molar-refractivity contribution in [2.24, 2.45) is 0 Å². The van der Waals surface area contributed by atoms with Gasteiger partial charge in [-0.05, 0) is 6.92 Å². The predicted octanol–water partition coefficient (Wildman–Crippen LogP) is -0.542. The number of nitrogens with two attached hydrogens (primary N) is 1. The smallest absolute Gasteiger partial charge is 0.407 e. The molecule has 70 valence electrons. The van der Waals surface area contributed by atoms with Gasteiger partial charge in [0.15, 0.2) is 0 Å². The maximum atomic E-state index is 11.0. The number of carbonyl (C=O) groups excluding carboxylic acids is 1. The zero-order chi connectivity index (χ0) is 8.81. The fourth-order valence-corrected chi connectivity index (χ4v) is 1.35. The first-order valence-electron chi connectivity index (χ1n) is 4.59. The van der Waals surface area contributed by atoms with E-state index in [1.165, 1.54) is 0 Å². The van der Waals surface area contributed by atoms with Gasteiger partial charge < -0.3 is 15.4 Å². The van der Waals surface area contributed by atoms with Crippen LogP contribution in [0.25, 0.3) is 0 Å². The van der Waals surface area contributed by atoms with Crippen LogP contribution in [0.5, 0.6) is 0 Å². The number of quaternary nitrogens is 1. The van der Waals surface area contributed by atoms with Crippen molar-refractivity contribution >= 4 is 6.09 Å². The van der Waals surface area contributed by atoms with Crippen LogP contribution in [0, 0.1) is 0 Å². The van der Waals surface area contributed by atoms with Crippen molar-refractivity contribution in [1.82, 2.24) is 5.32 Å². The molecule has 0 unspecified atom stereocenters. The Kier molecular flexibility index (Phi) is 3.87. The van der Waals surface area contributed by atoms with Gasteiger partial charge in [-0.15, -0.1) is 0 Å². The van der Waals surface area contributed by atoms with Crippen molar-refractivity contribution < 1.29 is 14.8 Å². The minimum Gasteiger partial charge on any atom is -0.446 e. The van der Waals surface area contributed by atoms with Gasteiger partial charge in [0.2, 0.25) is 0 Å². The van der Waals surface area contributed by atoms with Gasteiger partial charge in [0.05, 0.1) is 13.1 Å². The number of piperidine rings is 1. The largest absolute Gasteiger partial charge is 0.446 e. The van der Waals surface area contributed by atoms with Crippen molar-refractivity contribution in [2.75, 3.05) is 19.6 Å². The third-order valence-electron chi connectivity index (χ3n) is 1.98. The molecule has 1 rings (SSSR count). The van der Waals surface area contributed by atoms with Crippen LogP contribution in [0.2, 0.25) is 0 Å². The normalized spacial score (nSPS) is 18.8. The van der Waals surface area contributed by atoms with E-state index in [2.05, 4.69) is 10.6 Å². The van der Waals surface area contributed by atoms with E-state index in [4.69, 9.17) is 4.74 Å². The Bertz CT molecular complexity index is 144. The molecule has 4 nitrogen and oxygen atoms in total. The van der Waals surface area contributed by atoms with Gasteiger partial charge in [-0.1, -0.05) is 0 Å². The van der Waals surface area contributed by atoms with E-state index in [-0.39, 0.29) is 12.2 Å². The van der Waals surface area contributed by atoms with E-state index < -0.39 is 0 Å². The third kappa shape index (κ3) is 3.09. The van der Waals surface area contributed by atoms with Crippen molar-refractivity contribution in [3.05, 3.63) is 0 Å². The van der Waals surface area contributed by atoms with Crippen LogP contribution in [-0.4, -0.2) is 31.8 Å². The molecule has 0 radical (unpaired) electrons. The quantitative estimate of drug-likeness (QED) is 0.589. The van der Waals surface area contributed by atoms with Gasteiger partial charge in [0.25, 0.3) is 0 Å². The molecule has 0 aromatic rings. The van der Waals surface area contributed by atoms with Crippen molar-refractivity contribution in [3.63, 3.8) is 0 Å². The average molecular weight is 173 g/mol. The Morgan fingerprint density at radius 1 is 1.58 bits per heavy atom. The minimum atomic E-state index is -0.274. The molecule has 0 saturated carbocycles. The molecule has 0 aliphatic carbocycles. The van der Waals surface area contributed by atoms with Crippen LogP contribution >= 0.6 is 0 Å². The minimum absolute atomic E-state index is 0.140. The van der Waals surface area contributed by atoms with Gasteiger partial charge in [0.1, 0.15) is 6.10 Å². The second-order valence-electron chi connectivity index (χ2n) is 3.00. The van der Waals surface area contributed by atoms with Gasteiger partial charge in [-0.2, -0.15) is 0 Å². The molecule has 0 aromatic heterocycles. The van der Waals surface area contributed by atoms with E-state index in [1.54, 1.807) is 0 Å². The second-order valence-corrected chi connectivity index (χ2v) is 3.00. The van der Waals surface area contributed by atoms with Crippen molar-refractivity contribution in [2.45, 2.75) is 25.9 Å². The van der Waals surface area contributed by atoms with E-state index in [0.29, 0.717) is 6.54 Å². The van der Waals surface area contributed by atoms with Crippen LogP contribution in [0.15, 0.2) is 0 Å². The number of alkyl carbamates (subject to hydrolysis) is 1. The first kappa shape index (κ1) is 9.32. The molecule has 1 saturated heterocycles. The first-order valence-corrected chi connectivity index (χ1v) is 4.59. The lowest BCUT2D eigenvalue weighted by Gasteiger charge is -2.20. The number of rotatable bonds is 2. The van der Waals surface area contributed by atoms with Crippen LogP contribution in [0.3, 0.4) is 0 Å². The Morgan fingerprint density at radius 2 is 2.25 bits per heavy atom. The molecule has 1 aliphatic rings. The van der Waals surface area contributed by atoms with Crippen LogP contribution < -0.4 is 10.6 Å². The number of ether oxygens (including phenoxy) is 1. The number of nitrogens with one attached hydrogen (secondary N) is 1. The highest BCUT2D eigenvalue weighted by Gasteiger charge is 2.18. The highest BCUT2D eigenvalue weighted by Crippen LogP contribution is 2.03. The summed E-state index contributed by atoms with van der Waals surface area (Å²) in [6, 6.07) is 0. The molecule has 1 amide bonds. The SMILES string of the molecule is CCNC(=O)OC1CC[NH2+]CC1. The van der Waals surface area contributed by atoms with Crippen LogP contribution in [0.1, 0.15) is 19.8 Å². The number of carbonyl (C=O) groups is 1. The standard InChI is InChI=1S/C8H16N2O2/c1-2-10-8(11)12-7-3-5-9-6-4-7/h7,9H,2-6H2,1H3,(H,10,11)/p+1. The molecule has 3 N–H and O–H groups in total. The summed E-state index contributed by atoms with van der Waals surface area (Å²) in [6.07, 6.45) is 1.83. The summed E-state index contributed by atoms with van der Waals surface area (Å²) in [5.41, 5.74) is 0. The van der Waals surface area contributed by atoms with Crippen molar-refractivity contribution in [3.8, 4) is 0 Å². The molecular weight excluding hydrogens is 156 g/mol. The highest BCUT2D eigenvalue weighted by molar-refractivity contribution is 5.67. The molecule has 1 aliphatic heterocycles. The molecule has 4 heteroatoms. The molecule has 1 fully saturated rings. The second kappa shape index (κ2) is 4.98. The molecule has 0 spiro atoms. The Morgan fingerprint density at radius 3 is 2.83 bits per heavy atom. The highest BCUT2D eigenvalue weighted by atomic mass is 16.6. The molecule has 0 atom stereocenters. The summed E-state index contributed by atoms with van der Waals surface area (Å²) in [5, 5.41) is 4.87. The topological polar surface area (TPSA) is 54.9 Å². The van der Waals surface area contributed by atoms with Gasteiger partial charge >= 0.3 is 6.09 Å². The van der Waals surface area contributed by atoms with Gasteiger partial charge in [0, 0.05) is 19.4 Å². The number of amides is 1. The number of hydrogen-bond donors (Lipinski definition) is 2. The maximum Gasteiger partial charge on any atom is 0.407 e. The number of hydrogen-bond acceptors (Lipinski definition) is 2. The summed E-state index contributed by atoms with van der Waals surface area (Å²) >= 11 is 0. The average Bonchev–Trinajstić information content (AvgIpc) is 2.06. The molecule has 1 heterocycles. The molecule has 12 heavy (non-hydrogen) atoms. The van der Waals surface area contributed by atoms with E-state index >= 15 is 0 Å². The summed E-state index contributed by atoms with van der Waals surface area (Å²) in [7, 11) is 0. The van der Waals surface area contributed by atoms with Crippen LogP contribution in [-0.2, 0) is 4.74 Å². The van der Waals surface area contributed by atoms with E-state index in [0.717, 1.165) is 25.9 Å². The summed E-state index contributed by atoms with van der Waals surface area (Å²) < 4.78 is 5.16. The van der Waals surface area contributed by atoms with Crippen molar-refractivity contribution in [1.29, 1.82) is 0 Å². The summed E-state index contributed by atoms with van der Waals surface area (Å²) in [5.74, 6) is 0.